The van der Waals surface area contributed by atoms with Crippen LogP contribution in [-0.4, -0.2) is 30.2 Å². The van der Waals surface area contributed by atoms with E-state index in [1.165, 1.54) is 5.56 Å². The highest BCUT2D eigenvalue weighted by molar-refractivity contribution is 5.76. The maximum Gasteiger partial charge on any atom is 0.220 e. The molecule has 4 rings (SSSR count). The van der Waals surface area contributed by atoms with Crippen molar-refractivity contribution < 1.29 is 9.32 Å². The Kier molecular flexibility index (Phi) is 5.77. The Labute approximate surface area is 173 Å². The van der Waals surface area contributed by atoms with Gasteiger partial charge < -0.3 is 15.2 Å². The zero-order chi connectivity index (χ0) is 20.4. The molecule has 1 aromatic carbocycles. The molecule has 2 aliphatic rings. The largest absolute Gasteiger partial charge is 0.356 e. The zero-order valence-corrected chi connectivity index (χ0v) is 17.8. The van der Waals surface area contributed by atoms with E-state index in [-0.39, 0.29) is 11.3 Å². The maximum absolute atomic E-state index is 12.3. The zero-order valence-electron chi connectivity index (χ0n) is 17.8. The smallest absolute Gasteiger partial charge is 0.220 e. The van der Waals surface area contributed by atoms with Crippen LogP contribution in [0.25, 0.3) is 11.3 Å². The van der Waals surface area contributed by atoms with Crippen LogP contribution in [-0.2, 0) is 16.6 Å². The summed E-state index contributed by atoms with van der Waals surface area (Å²) in [7, 11) is 0. The highest BCUT2D eigenvalue weighted by atomic mass is 16.5. The number of aromatic nitrogens is 1. The monoisotopic (exact) mass is 395 g/mol. The van der Waals surface area contributed by atoms with Gasteiger partial charge in [0, 0.05) is 24.1 Å². The Bertz CT molecular complexity index is 831. The van der Waals surface area contributed by atoms with Crippen molar-refractivity contribution in [3.63, 3.8) is 0 Å². The third-order valence-electron chi connectivity index (χ3n) is 6.22. The van der Waals surface area contributed by atoms with Gasteiger partial charge in [-0.05, 0) is 61.6 Å². The van der Waals surface area contributed by atoms with Crippen molar-refractivity contribution in [1.29, 1.82) is 0 Å². The van der Waals surface area contributed by atoms with Gasteiger partial charge in [-0.1, -0.05) is 50.2 Å². The van der Waals surface area contributed by atoms with Gasteiger partial charge >= 0.3 is 0 Å². The Morgan fingerprint density at radius 2 is 1.93 bits per heavy atom. The van der Waals surface area contributed by atoms with E-state index in [2.05, 4.69) is 66.9 Å². The number of piperidine rings is 1. The highest BCUT2D eigenvalue weighted by Gasteiger charge is 2.30. The summed E-state index contributed by atoms with van der Waals surface area (Å²) >= 11 is 0. The fraction of sp³-hybridized carbons (Fsp3) is 0.583. The normalized spacial score (nSPS) is 22.4. The molecule has 0 bridgehead atoms. The molecule has 1 aliphatic carbocycles. The van der Waals surface area contributed by atoms with Gasteiger partial charge in [-0.25, -0.2) is 0 Å². The molecule has 2 heterocycles. The second-order valence-corrected chi connectivity index (χ2v) is 9.77. The molecule has 2 N–H and O–H groups in total. The summed E-state index contributed by atoms with van der Waals surface area (Å²) in [4.78, 5) is 12.3. The standard InChI is InChI=1S/C24H33N3O2/c1-24(2,3)19-6-4-16(5-7-19)22-14-21(27-29-22)12-18-15-25-11-10-17(18)13-23(28)26-20-8-9-20/h4-7,14,17-18,20,25H,8-13,15H2,1-3H3,(H,26,28)/t17-,18+/m0/s1. The number of carbonyl (C=O) groups is 1. The molecule has 2 aromatic rings. The van der Waals surface area contributed by atoms with Gasteiger partial charge in [-0.15, -0.1) is 0 Å². The molecule has 1 saturated heterocycles. The van der Waals surface area contributed by atoms with Crippen LogP contribution in [0, 0.1) is 11.8 Å². The van der Waals surface area contributed by atoms with E-state index in [9.17, 15) is 4.79 Å². The lowest BCUT2D eigenvalue weighted by Gasteiger charge is -2.31. The first-order valence-electron chi connectivity index (χ1n) is 10.9. The molecular formula is C24H33N3O2. The number of carbonyl (C=O) groups excluding carboxylic acids is 1. The van der Waals surface area contributed by atoms with Gasteiger partial charge in [-0.2, -0.15) is 0 Å². The number of nitrogens with one attached hydrogen (secondary N) is 2. The topological polar surface area (TPSA) is 67.2 Å². The minimum absolute atomic E-state index is 0.139. The van der Waals surface area contributed by atoms with Crippen LogP contribution < -0.4 is 10.6 Å². The van der Waals surface area contributed by atoms with Crippen molar-refractivity contribution in [2.24, 2.45) is 11.8 Å². The lowest BCUT2D eigenvalue weighted by atomic mass is 9.81. The van der Waals surface area contributed by atoms with Crippen molar-refractivity contribution in [2.45, 2.75) is 64.3 Å². The fourth-order valence-corrected chi connectivity index (χ4v) is 4.18. The van der Waals surface area contributed by atoms with Gasteiger partial charge in [-0.3, -0.25) is 4.79 Å². The third-order valence-corrected chi connectivity index (χ3v) is 6.22. The van der Waals surface area contributed by atoms with Crippen molar-refractivity contribution in [3.05, 3.63) is 41.6 Å². The molecule has 1 saturated carbocycles. The molecule has 1 aromatic heterocycles. The van der Waals surface area contributed by atoms with Crippen molar-refractivity contribution in [3.8, 4) is 11.3 Å². The van der Waals surface area contributed by atoms with Crippen molar-refractivity contribution in [1.82, 2.24) is 15.8 Å². The molecule has 0 radical (unpaired) electrons. The van der Waals surface area contributed by atoms with E-state index in [4.69, 9.17) is 4.52 Å². The van der Waals surface area contributed by atoms with Crippen LogP contribution in [0.1, 0.15) is 57.7 Å². The summed E-state index contributed by atoms with van der Waals surface area (Å²) in [5.41, 5.74) is 3.47. The summed E-state index contributed by atoms with van der Waals surface area (Å²) < 4.78 is 5.65. The van der Waals surface area contributed by atoms with Gasteiger partial charge in [0.1, 0.15) is 0 Å². The predicted molar refractivity (Wildman–Crippen MR) is 115 cm³/mol. The first kappa shape index (κ1) is 20.1. The third kappa shape index (κ3) is 5.27. The first-order chi connectivity index (χ1) is 13.9. The van der Waals surface area contributed by atoms with Crippen LogP contribution in [0.3, 0.4) is 0 Å². The van der Waals surface area contributed by atoms with E-state index >= 15 is 0 Å². The summed E-state index contributed by atoms with van der Waals surface area (Å²) in [5, 5.41) is 10.9. The van der Waals surface area contributed by atoms with Gasteiger partial charge in [0.05, 0.1) is 5.69 Å². The molecule has 0 unspecified atom stereocenters. The Morgan fingerprint density at radius 1 is 1.17 bits per heavy atom. The molecular weight excluding hydrogens is 362 g/mol. The molecule has 2 atom stereocenters. The Morgan fingerprint density at radius 3 is 2.62 bits per heavy atom. The summed E-state index contributed by atoms with van der Waals surface area (Å²) in [5.74, 6) is 1.84. The molecule has 1 aliphatic heterocycles. The molecule has 0 spiro atoms. The molecule has 29 heavy (non-hydrogen) atoms. The minimum Gasteiger partial charge on any atom is -0.356 e. The van der Waals surface area contributed by atoms with Crippen LogP contribution >= 0.6 is 0 Å². The second kappa shape index (κ2) is 8.31. The van der Waals surface area contributed by atoms with Crippen LogP contribution in [0.2, 0.25) is 0 Å². The quantitative estimate of drug-likeness (QED) is 0.773. The number of hydrogen-bond donors (Lipinski definition) is 2. The molecule has 1 amide bonds. The van der Waals surface area contributed by atoms with Crippen LogP contribution in [0.5, 0.6) is 0 Å². The van der Waals surface area contributed by atoms with E-state index in [1.807, 2.05) is 0 Å². The second-order valence-electron chi connectivity index (χ2n) is 9.77. The number of hydrogen-bond acceptors (Lipinski definition) is 4. The number of rotatable bonds is 6. The average Bonchev–Trinajstić information content (AvgIpc) is 3.37. The molecule has 156 valence electrons. The van der Waals surface area contributed by atoms with Crippen molar-refractivity contribution >= 4 is 5.91 Å². The Balaban J connectivity index is 1.39. The SMILES string of the molecule is CC(C)(C)c1ccc(-c2cc(C[C@@H]3CNCC[C@H]3CC(=O)NC3CC3)no2)cc1. The summed E-state index contributed by atoms with van der Waals surface area (Å²) in [6, 6.07) is 11.0. The molecule has 5 nitrogen and oxygen atoms in total. The Hall–Kier alpha value is -2.14. The van der Waals surface area contributed by atoms with Crippen molar-refractivity contribution in [2.75, 3.05) is 13.1 Å². The highest BCUT2D eigenvalue weighted by Crippen LogP contribution is 2.30. The minimum atomic E-state index is 0.139. The lowest BCUT2D eigenvalue weighted by Crippen LogP contribution is -2.40. The fourth-order valence-electron chi connectivity index (χ4n) is 4.18. The first-order valence-corrected chi connectivity index (χ1v) is 10.9. The maximum atomic E-state index is 12.3. The number of nitrogens with zero attached hydrogens (tertiary/aromatic N) is 1. The van der Waals surface area contributed by atoms with Crippen LogP contribution in [0.15, 0.2) is 34.9 Å². The van der Waals surface area contributed by atoms with E-state index < -0.39 is 0 Å². The molecule has 2 fully saturated rings. The van der Waals surface area contributed by atoms with Crippen LogP contribution in [0.4, 0.5) is 0 Å². The lowest BCUT2D eigenvalue weighted by molar-refractivity contribution is -0.122. The number of amides is 1. The molecule has 5 heteroatoms. The van der Waals surface area contributed by atoms with E-state index in [0.29, 0.717) is 24.3 Å². The van der Waals surface area contributed by atoms with E-state index in [1.54, 1.807) is 0 Å². The average molecular weight is 396 g/mol. The summed E-state index contributed by atoms with van der Waals surface area (Å²) in [6.45, 7) is 8.57. The van der Waals surface area contributed by atoms with E-state index in [0.717, 1.165) is 55.8 Å². The number of benzene rings is 1. The summed E-state index contributed by atoms with van der Waals surface area (Å²) in [6.07, 6.45) is 4.79. The van der Waals surface area contributed by atoms with Gasteiger partial charge in [0.25, 0.3) is 0 Å². The van der Waals surface area contributed by atoms with Gasteiger partial charge in [0.2, 0.25) is 5.91 Å². The van der Waals surface area contributed by atoms with Gasteiger partial charge in [0.15, 0.2) is 5.76 Å². The predicted octanol–water partition coefficient (Wildman–Crippen LogP) is 4.08.